The zero-order chi connectivity index (χ0) is 15.8. The van der Waals surface area contributed by atoms with Crippen LogP contribution in [0.1, 0.15) is 16.7 Å². The topological polar surface area (TPSA) is 30.5 Å². The van der Waals surface area contributed by atoms with Gasteiger partial charge in [-0.25, -0.2) is 0 Å². The average molecular weight is 401 g/mol. The van der Waals surface area contributed by atoms with E-state index in [4.69, 9.17) is 9.47 Å². The van der Waals surface area contributed by atoms with Crippen LogP contribution in [0.25, 0.3) is 0 Å². The fourth-order valence-corrected chi connectivity index (χ4v) is 2.48. The first-order chi connectivity index (χ1) is 10.7. The third-order valence-corrected chi connectivity index (χ3v) is 3.83. The molecule has 0 spiro atoms. The number of ether oxygens (including phenoxy) is 2. The molecular formula is C18H23BrClNO2. The highest BCUT2D eigenvalue weighted by Crippen LogP contribution is 2.24. The number of benzene rings is 2. The van der Waals surface area contributed by atoms with E-state index in [1.165, 1.54) is 11.1 Å². The number of halogens is 2. The molecule has 2 aromatic rings. The van der Waals surface area contributed by atoms with Crippen molar-refractivity contribution >= 4 is 28.3 Å². The first-order valence-electron chi connectivity index (χ1n) is 7.35. The summed E-state index contributed by atoms with van der Waals surface area (Å²) < 4.78 is 12.1. The maximum absolute atomic E-state index is 5.98. The largest absolute Gasteiger partial charge is 0.489 e. The van der Waals surface area contributed by atoms with Crippen LogP contribution in [0.3, 0.4) is 0 Å². The van der Waals surface area contributed by atoms with Gasteiger partial charge in [-0.3, -0.25) is 0 Å². The van der Waals surface area contributed by atoms with E-state index in [1.807, 2.05) is 12.1 Å². The van der Waals surface area contributed by atoms with Crippen molar-refractivity contribution in [3.8, 4) is 5.75 Å². The van der Waals surface area contributed by atoms with Gasteiger partial charge in [0, 0.05) is 30.2 Å². The van der Waals surface area contributed by atoms with Gasteiger partial charge in [0.15, 0.2) is 0 Å². The van der Waals surface area contributed by atoms with Gasteiger partial charge in [-0.15, -0.1) is 12.4 Å². The van der Waals surface area contributed by atoms with Gasteiger partial charge in [0.2, 0.25) is 0 Å². The third kappa shape index (κ3) is 6.92. The van der Waals surface area contributed by atoms with Crippen molar-refractivity contribution in [2.75, 3.05) is 20.3 Å². The van der Waals surface area contributed by atoms with Crippen LogP contribution in [0.15, 0.2) is 46.9 Å². The van der Waals surface area contributed by atoms with Gasteiger partial charge in [0.1, 0.15) is 12.4 Å². The Balaban J connectivity index is 0.00000264. The molecule has 1 N–H and O–H groups in total. The molecule has 3 nitrogen and oxygen atoms in total. The molecular weight excluding hydrogens is 378 g/mol. The maximum Gasteiger partial charge on any atom is 0.124 e. The number of methoxy groups -OCH3 is 1. The summed E-state index contributed by atoms with van der Waals surface area (Å²) in [7, 11) is 1.71. The van der Waals surface area contributed by atoms with Gasteiger partial charge in [0.25, 0.3) is 0 Å². The van der Waals surface area contributed by atoms with Crippen LogP contribution in [0.2, 0.25) is 0 Å². The summed E-state index contributed by atoms with van der Waals surface area (Å²) in [5.41, 5.74) is 3.57. The summed E-state index contributed by atoms with van der Waals surface area (Å²) in [6.45, 7) is 4.94. The molecule has 23 heavy (non-hydrogen) atoms. The first kappa shape index (κ1) is 20.0. The highest BCUT2D eigenvalue weighted by atomic mass is 79.9. The Hall–Kier alpha value is -1.07. The molecule has 2 rings (SSSR count). The lowest BCUT2D eigenvalue weighted by Gasteiger charge is -2.13. The van der Waals surface area contributed by atoms with E-state index >= 15 is 0 Å². The van der Waals surface area contributed by atoms with Crippen LogP contribution in [-0.2, 0) is 17.9 Å². The van der Waals surface area contributed by atoms with Crippen molar-refractivity contribution in [2.45, 2.75) is 20.1 Å². The normalized spacial score (nSPS) is 10.2. The highest BCUT2D eigenvalue weighted by Gasteiger charge is 2.05. The van der Waals surface area contributed by atoms with Crippen LogP contribution in [0.4, 0.5) is 0 Å². The Labute approximate surface area is 152 Å². The molecule has 0 fully saturated rings. The van der Waals surface area contributed by atoms with E-state index in [0.717, 1.165) is 28.9 Å². The Morgan fingerprint density at radius 1 is 1.09 bits per heavy atom. The molecule has 0 heterocycles. The van der Waals surface area contributed by atoms with E-state index in [9.17, 15) is 0 Å². The summed E-state index contributed by atoms with van der Waals surface area (Å²) in [5, 5.41) is 3.35. The smallest absolute Gasteiger partial charge is 0.124 e. The van der Waals surface area contributed by atoms with Crippen LogP contribution in [-0.4, -0.2) is 20.3 Å². The zero-order valence-corrected chi connectivity index (χ0v) is 15.9. The highest BCUT2D eigenvalue weighted by molar-refractivity contribution is 9.10. The SMILES string of the molecule is COCCNCc1cc(Br)ccc1OCc1ccc(C)cc1.Cl. The number of hydrogen-bond donors (Lipinski definition) is 1. The second-order valence-corrected chi connectivity index (χ2v) is 6.11. The summed E-state index contributed by atoms with van der Waals surface area (Å²) in [5.74, 6) is 0.911. The Morgan fingerprint density at radius 3 is 2.52 bits per heavy atom. The third-order valence-electron chi connectivity index (χ3n) is 3.34. The molecule has 0 atom stereocenters. The van der Waals surface area contributed by atoms with E-state index < -0.39 is 0 Å². The van der Waals surface area contributed by atoms with Crippen molar-refractivity contribution in [3.05, 3.63) is 63.6 Å². The van der Waals surface area contributed by atoms with Crippen molar-refractivity contribution in [3.63, 3.8) is 0 Å². The number of nitrogens with one attached hydrogen (secondary N) is 1. The van der Waals surface area contributed by atoms with Gasteiger partial charge in [-0.1, -0.05) is 45.8 Å². The standard InChI is InChI=1S/C18H22BrNO2.ClH/c1-14-3-5-15(6-4-14)13-22-18-8-7-17(19)11-16(18)12-20-9-10-21-2;/h3-8,11,20H,9-10,12-13H2,1-2H3;1H. The van der Waals surface area contributed by atoms with E-state index in [0.29, 0.717) is 13.2 Å². The fraction of sp³-hybridized carbons (Fsp3) is 0.333. The average Bonchev–Trinajstić information content (AvgIpc) is 2.52. The Kier molecular flexibility index (Phi) is 9.26. The van der Waals surface area contributed by atoms with Crippen molar-refractivity contribution < 1.29 is 9.47 Å². The number of rotatable bonds is 8. The van der Waals surface area contributed by atoms with Crippen LogP contribution >= 0.6 is 28.3 Å². The first-order valence-corrected chi connectivity index (χ1v) is 8.15. The molecule has 0 aliphatic carbocycles. The van der Waals surface area contributed by atoms with Crippen LogP contribution in [0.5, 0.6) is 5.75 Å². The maximum atomic E-state index is 5.98. The van der Waals surface area contributed by atoms with Crippen LogP contribution in [0, 0.1) is 6.92 Å². The minimum atomic E-state index is 0. The monoisotopic (exact) mass is 399 g/mol. The molecule has 0 aliphatic rings. The van der Waals surface area contributed by atoms with Gasteiger partial charge < -0.3 is 14.8 Å². The molecule has 0 aromatic heterocycles. The Morgan fingerprint density at radius 2 is 1.83 bits per heavy atom. The second kappa shape index (κ2) is 10.7. The molecule has 0 aliphatic heterocycles. The summed E-state index contributed by atoms with van der Waals surface area (Å²) in [6, 6.07) is 14.5. The molecule has 0 bridgehead atoms. The molecule has 0 amide bonds. The molecule has 2 aromatic carbocycles. The molecule has 126 valence electrons. The predicted molar refractivity (Wildman–Crippen MR) is 100 cm³/mol. The Bertz CT molecular complexity index is 590. The molecule has 0 saturated heterocycles. The molecule has 0 radical (unpaired) electrons. The van der Waals surface area contributed by atoms with Crippen molar-refractivity contribution in [2.24, 2.45) is 0 Å². The van der Waals surface area contributed by atoms with Crippen molar-refractivity contribution in [1.29, 1.82) is 0 Å². The van der Waals surface area contributed by atoms with Gasteiger partial charge in [0.05, 0.1) is 6.61 Å². The summed E-state index contributed by atoms with van der Waals surface area (Å²) in [4.78, 5) is 0. The van der Waals surface area contributed by atoms with Crippen LogP contribution < -0.4 is 10.1 Å². The van der Waals surface area contributed by atoms with Gasteiger partial charge in [-0.2, -0.15) is 0 Å². The lowest BCUT2D eigenvalue weighted by atomic mass is 10.1. The lowest BCUT2D eigenvalue weighted by Crippen LogP contribution is -2.19. The minimum Gasteiger partial charge on any atom is -0.489 e. The zero-order valence-electron chi connectivity index (χ0n) is 13.5. The van der Waals surface area contributed by atoms with Crippen molar-refractivity contribution in [1.82, 2.24) is 5.32 Å². The lowest BCUT2D eigenvalue weighted by molar-refractivity contribution is 0.199. The molecule has 0 saturated carbocycles. The van der Waals surface area contributed by atoms with Gasteiger partial charge in [-0.05, 0) is 30.7 Å². The quantitative estimate of drug-likeness (QED) is 0.662. The summed E-state index contributed by atoms with van der Waals surface area (Å²) in [6.07, 6.45) is 0. The number of hydrogen-bond acceptors (Lipinski definition) is 3. The fourth-order valence-electron chi connectivity index (χ4n) is 2.07. The minimum absolute atomic E-state index is 0. The molecule has 0 unspecified atom stereocenters. The van der Waals surface area contributed by atoms with E-state index in [1.54, 1.807) is 7.11 Å². The van der Waals surface area contributed by atoms with Gasteiger partial charge >= 0.3 is 0 Å². The molecule has 5 heteroatoms. The predicted octanol–water partition coefficient (Wildman–Crippen LogP) is 4.49. The number of aryl methyl sites for hydroxylation is 1. The van der Waals surface area contributed by atoms with E-state index in [2.05, 4.69) is 58.5 Å². The summed E-state index contributed by atoms with van der Waals surface area (Å²) >= 11 is 3.51. The van der Waals surface area contributed by atoms with E-state index in [-0.39, 0.29) is 12.4 Å². The second-order valence-electron chi connectivity index (χ2n) is 5.20.